The highest BCUT2D eigenvalue weighted by Gasteiger charge is 2.34. The highest BCUT2D eigenvalue weighted by molar-refractivity contribution is 7.92. The van der Waals surface area contributed by atoms with Crippen LogP contribution in [-0.2, 0) is 32.6 Å². The Hall–Kier alpha value is -4.14. The summed E-state index contributed by atoms with van der Waals surface area (Å²) in [5.74, 6) is -0.571. The highest BCUT2D eigenvalue weighted by atomic mass is 35.5. The van der Waals surface area contributed by atoms with Crippen molar-refractivity contribution in [3.05, 3.63) is 130 Å². The minimum Gasteiger partial charge on any atom is -0.354 e. The second-order valence-corrected chi connectivity index (χ2v) is 14.4. The van der Waals surface area contributed by atoms with Gasteiger partial charge >= 0.3 is 0 Å². The van der Waals surface area contributed by atoms with E-state index in [0.29, 0.717) is 17.3 Å². The van der Waals surface area contributed by atoms with Crippen LogP contribution in [0.5, 0.6) is 0 Å². The molecule has 0 saturated carbocycles. The van der Waals surface area contributed by atoms with Gasteiger partial charge in [-0.05, 0) is 72.4 Å². The van der Waals surface area contributed by atoms with Crippen LogP contribution in [0.1, 0.15) is 61.8 Å². The summed E-state index contributed by atoms with van der Waals surface area (Å²) in [6.45, 7) is 8.06. The number of hydrogen-bond acceptors (Lipinski definition) is 4. The molecule has 1 atom stereocenters. The molecule has 1 N–H and O–H groups in total. The normalized spacial score (nSPS) is 12.0. The Labute approximate surface area is 284 Å². The van der Waals surface area contributed by atoms with Gasteiger partial charge in [-0.25, -0.2) is 8.42 Å². The second kappa shape index (κ2) is 16.6. The van der Waals surface area contributed by atoms with E-state index in [4.69, 9.17) is 11.6 Å². The Kier molecular flexibility index (Phi) is 12.6. The summed E-state index contributed by atoms with van der Waals surface area (Å²) in [7, 11) is -4.17. The van der Waals surface area contributed by atoms with Gasteiger partial charge in [0.15, 0.2) is 0 Å². The maximum Gasteiger partial charge on any atom is 0.264 e. The van der Waals surface area contributed by atoms with Crippen molar-refractivity contribution in [1.82, 2.24) is 10.2 Å². The number of carbonyl (C=O) groups is 2. The summed E-state index contributed by atoms with van der Waals surface area (Å²) in [5.41, 5.74) is 3.92. The third-order valence-corrected chi connectivity index (χ3v) is 10.1. The molecule has 0 radical (unpaired) electrons. The molecule has 4 aromatic carbocycles. The second-order valence-electron chi connectivity index (χ2n) is 12.1. The molecule has 7 nitrogen and oxygen atoms in total. The predicted molar refractivity (Wildman–Crippen MR) is 190 cm³/mol. The molecule has 47 heavy (non-hydrogen) atoms. The van der Waals surface area contributed by atoms with Gasteiger partial charge in [0, 0.05) is 24.5 Å². The van der Waals surface area contributed by atoms with Gasteiger partial charge in [0.05, 0.1) is 10.6 Å². The maximum absolute atomic E-state index is 14.6. The molecule has 0 heterocycles. The Balaban J connectivity index is 1.80. The number of nitrogens with zero attached hydrogens (tertiary/aromatic N) is 2. The minimum atomic E-state index is -4.17. The van der Waals surface area contributed by atoms with Gasteiger partial charge in [0.25, 0.3) is 10.0 Å². The Bertz CT molecular complexity index is 1730. The number of aryl methyl sites for hydroxylation is 1. The SMILES string of the molecule is CCCCNC(=O)[C@H](Cc1ccccc1)N(Cc1cccc(Cl)c1)C(=O)CN(c1ccc(C(C)C)cc1)S(=O)(=O)c1ccc(C)cc1. The fourth-order valence-electron chi connectivity index (χ4n) is 5.28. The molecule has 248 valence electrons. The lowest BCUT2D eigenvalue weighted by Crippen LogP contribution is -2.53. The first-order valence-corrected chi connectivity index (χ1v) is 17.9. The summed E-state index contributed by atoms with van der Waals surface area (Å²) in [4.78, 5) is 30.0. The predicted octanol–water partition coefficient (Wildman–Crippen LogP) is 7.52. The first kappa shape index (κ1) is 35.7. The molecule has 4 aromatic rings. The fraction of sp³-hybridized carbons (Fsp3) is 0.316. The van der Waals surface area contributed by atoms with Gasteiger partial charge in [0.2, 0.25) is 11.8 Å². The Morgan fingerprint density at radius 2 is 1.51 bits per heavy atom. The summed E-state index contributed by atoms with van der Waals surface area (Å²) < 4.78 is 29.6. The van der Waals surface area contributed by atoms with Crippen molar-refractivity contribution in [3.8, 4) is 0 Å². The number of hydrogen-bond donors (Lipinski definition) is 1. The molecule has 0 aliphatic heterocycles. The third kappa shape index (κ3) is 9.69. The molecule has 4 rings (SSSR count). The molecule has 0 spiro atoms. The molecule has 0 aromatic heterocycles. The summed E-state index contributed by atoms with van der Waals surface area (Å²) >= 11 is 6.33. The number of benzene rings is 4. The van der Waals surface area contributed by atoms with E-state index < -0.39 is 28.5 Å². The van der Waals surface area contributed by atoms with Crippen LogP contribution in [0.15, 0.2) is 108 Å². The van der Waals surface area contributed by atoms with Gasteiger partial charge in [-0.15, -0.1) is 0 Å². The maximum atomic E-state index is 14.6. The zero-order valence-corrected chi connectivity index (χ0v) is 29.1. The van der Waals surface area contributed by atoms with Crippen LogP contribution < -0.4 is 9.62 Å². The van der Waals surface area contributed by atoms with E-state index in [1.165, 1.54) is 4.90 Å². The quantitative estimate of drug-likeness (QED) is 0.132. The van der Waals surface area contributed by atoms with Crippen LogP contribution in [0.25, 0.3) is 0 Å². The van der Waals surface area contributed by atoms with Crippen LogP contribution in [0.3, 0.4) is 0 Å². The first-order valence-electron chi connectivity index (χ1n) is 16.0. The largest absolute Gasteiger partial charge is 0.354 e. The van der Waals surface area contributed by atoms with Crippen molar-refractivity contribution in [3.63, 3.8) is 0 Å². The van der Waals surface area contributed by atoms with Crippen molar-refractivity contribution >= 4 is 39.1 Å². The molecular formula is C38H44ClN3O4S. The smallest absolute Gasteiger partial charge is 0.264 e. The van der Waals surface area contributed by atoms with Crippen LogP contribution >= 0.6 is 11.6 Å². The summed E-state index contributed by atoms with van der Waals surface area (Å²) in [5, 5.41) is 3.50. The Morgan fingerprint density at radius 3 is 2.13 bits per heavy atom. The number of anilines is 1. The van der Waals surface area contributed by atoms with Gasteiger partial charge in [0.1, 0.15) is 12.6 Å². The highest BCUT2D eigenvalue weighted by Crippen LogP contribution is 2.27. The van der Waals surface area contributed by atoms with Crippen LogP contribution in [0.2, 0.25) is 5.02 Å². The number of unbranched alkanes of at least 4 members (excludes halogenated alkanes) is 1. The standard InChI is InChI=1S/C38H44ClN3O4S/c1-5-6-23-40-38(44)36(25-30-11-8-7-9-12-30)41(26-31-13-10-14-33(39)24-31)37(43)27-42(34-19-17-32(18-20-34)28(2)3)47(45,46)35-21-15-29(4)16-22-35/h7-22,24,28,36H,5-6,23,25-27H2,1-4H3,(H,40,44)/t36-/m0/s1. The molecule has 0 unspecified atom stereocenters. The Morgan fingerprint density at radius 1 is 0.851 bits per heavy atom. The van der Waals surface area contributed by atoms with Gasteiger partial charge < -0.3 is 10.2 Å². The van der Waals surface area contributed by atoms with Gasteiger partial charge in [-0.3, -0.25) is 13.9 Å². The average molecular weight is 674 g/mol. The van der Waals surface area contributed by atoms with Crippen LogP contribution in [-0.4, -0.2) is 44.3 Å². The van der Waals surface area contributed by atoms with E-state index >= 15 is 0 Å². The van der Waals surface area contributed by atoms with E-state index in [2.05, 4.69) is 19.2 Å². The first-order chi connectivity index (χ1) is 22.5. The zero-order chi connectivity index (χ0) is 34.0. The lowest BCUT2D eigenvalue weighted by molar-refractivity contribution is -0.140. The van der Waals surface area contributed by atoms with Crippen LogP contribution in [0, 0.1) is 6.92 Å². The molecule has 0 saturated heterocycles. The molecule has 0 aliphatic rings. The van der Waals surface area contributed by atoms with Crippen molar-refractivity contribution < 1.29 is 18.0 Å². The fourth-order valence-corrected chi connectivity index (χ4v) is 6.91. The lowest BCUT2D eigenvalue weighted by Gasteiger charge is -2.34. The summed E-state index contributed by atoms with van der Waals surface area (Å²) in [6, 6.07) is 29.5. The lowest BCUT2D eigenvalue weighted by atomic mass is 10.0. The van der Waals surface area contributed by atoms with Crippen molar-refractivity contribution in [2.24, 2.45) is 0 Å². The van der Waals surface area contributed by atoms with Crippen LogP contribution in [0.4, 0.5) is 5.69 Å². The number of sulfonamides is 1. The van der Waals surface area contributed by atoms with Crippen molar-refractivity contribution in [2.75, 3.05) is 17.4 Å². The third-order valence-electron chi connectivity index (χ3n) is 8.08. The number of carbonyl (C=O) groups excluding carboxylic acids is 2. The molecule has 0 aliphatic carbocycles. The topological polar surface area (TPSA) is 86.8 Å². The monoisotopic (exact) mass is 673 g/mol. The average Bonchev–Trinajstić information content (AvgIpc) is 3.06. The van der Waals surface area contributed by atoms with Gasteiger partial charge in [-0.2, -0.15) is 0 Å². The van der Waals surface area contributed by atoms with E-state index in [1.807, 2.05) is 62.4 Å². The molecule has 9 heteroatoms. The molecule has 0 fully saturated rings. The molecular weight excluding hydrogens is 630 g/mol. The summed E-state index contributed by atoms with van der Waals surface area (Å²) in [6.07, 6.45) is 1.94. The molecule has 2 amide bonds. The van der Waals surface area contributed by atoms with Gasteiger partial charge in [-0.1, -0.05) is 111 Å². The number of rotatable bonds is 15. The van der Waals surface area contributed by atoms with E-state index in [9.17, 15) is 18.0 Å². The van der Waals surface area contributed by atoms with Crippen molar-refractivity contribution in [1.29, 1.82) is 0 Å². The van der Waals surface area contributed by atoms with E-state index in [-0.39, 0.29) is 29.7 Å². The van der Waals surface area contributed by atoms with E-state index in [1.54, 1.807) is 54.6 Å². The minimum absolute atomic E-state index is 0.0583. The molecule has 0 bridgehead atoms. The van der Waals surface area contributed by atoms with E-state index in [0.717, 1.165) is 39.4 Å². The van der Waals surface area contributed by atoms with Crippen molar-refractivity contribution in [2.45, 2.75) is 70.4 Å². The number of nitrogens with one attached hydrogen (secondary N) is 1. The number of amides is 2. The number of halogens is 1. The zero-order valence-electron chi connectivity index (χ0n) is 27.5.